The van der Waals surface area contributed by atoms with E-state index < -0.39 is 8.60 Å². The molecule has 1 heterocycles. The van der Waals surface area contributed by atoms with Crippen molar-refractivity contribution in [1.29, 1.82) is 0 Å². The van der Waals surface area contributed by atoms with Crippen LogP contribution in [0.3, 0.4) is 0 Å². The number of quaternary nitrogens is 1. The zero-order valence-electron chi connectivity index (χ0n) is 16.6. The first kappa shape index (κ1) is 28.5. The van der Waals surface area contributed by atoms with Crippen LogP contribution in [-0.2, 0) is 9.26 Å². The summed E-state index contributed by atoms with van der Waals surface area (Å²) in [5.41, 5.74) is 2.98. The number of nitrogens with zero attached hydrogens (tertiary/aromatic N) is 3. The van der Waals surface area contributed by atoms with Crippen LogP contribution in [-0.4, -0.2) is 34.6 Å². The standard InChI is InChI=1S/C17H19N4O5P.2Na/c1-12-10-21(15(4)20(12)11-25-27(23)24)18-9-13(2)26-14(3)16-5-7-17(19-22)8-6-16;;/h5-9,19,22H,1-4,10-11H2;;/q-2;2*+1/p+1/b18-9+;;. The van der Waals surface area contributed by atoms with E-state index in [1.54, 1.807) is 24.3 Å². The zero-order valence-corrected chi connectivity index (χ0v) is 21.5. The van der Waals surface area contributed by atoms with Crippen LogP contribution in [0.4, 0.5) is 5.69 Å². The molecule has 2 rings (SSSR count). The summed E-state index contributed by atoms with van der Waals surface area (Å²) in [5.74, 6) is 1.03. The van der Waals surface area contributed by atoms with Crippen LogP contribution in [0.15, 0.2) is 73.0 Å². The summed E-state index contributed by atoms with van der Waals surface area (Å²) in [6.45, 7) is 15.4. The zero-order chi connectivity index (χ0) is 20.0. The predicted octanol–water partition coefficient (Wildman–Crippen LogP) is -5.71. The van der Waals surface area contributed by atoms with Crippen LogP contribution in [0.5, 0.6) is 0 Å². The molecule has 1 saturated heterocycles. The number of nitrogens with two attached hydrogens (primary N) is 1. The Bertz CT molecular complexity index is 774. The molecule has 1 aliphatic rings. The van der Waals surface area contributed by atoms with Gasteiger partial charge in [0.25, 0.3) is 0 Å². The van der Waals surface area contributed by atoms with E-state index in [-0.39, 0.29) is 71.6 Å². The molecular weight excluding hydrogens is 417 g/mol. The van der Waals surface area contributed by atoms with Crippen molar-refractivity contribution in [2.45, 2.75) is 0 Å². The summed E-state index contributed by atoms with van der Waals surface area (Å²) in [6, 6.07) is 6.93. The number of benzene rings is 1. The molecule has 0 saturated carbocycles. The molecule has 1 aliphatic heterocycles. The minimum atomic E-state index is -2.96. The van der Waals surface area contributed by atoms with Crippen LogP contribution >= 0.6 is 8.60 Å². The first-order valence-corrected chi connectivity index (χ1v) is 8.78. The van der Waals surface area contributed by atoms with Gasteiger partial charge in [0, 0.05) is 23.4 Å². The molecule has 1 aromatic carbocycles. The maximum absolute atomic E-state index is 10.6. The van der Waals surface area contributed by atoms with E-state index in [4.69, 9.17) is 9.94 Å². The van der Waals surface area contributed by atoms with Gasteiger partial charge in [-0.25, -0.2) is 10.2 Å². The van der Waals surface area contributed by atoms with Gasteiger partial charge in [0.05, 0.1) is 12.8 Å². The van der Waals surface area contributed by atoms with Crippen molar-refractivity contribution in [3.8, 4) is 0 Å². The van der Waals surface area contributed by atoms with Gasteiger partial charge in [-0.15, -0.1) is 0 Å². The largest absolute Gasteiger partial charge is 1.00 e. The smallest absolute Gasteiger partial charge is 0.820 e. The van der Waals surface area contributed by atoms with Gasteiger partial charge in [0.15, 0.2) is 5.69 Å². The van der Waals surface area contributed by atoms with Crippen molar-refractivity contribution >= 4 is 26.3 Å². The molecule has 0 amide bonds. The Balaban J connectivity index is 0.00000392. The maximum atomic E-state index is 10.6. The Morgan fingerprint density at radius 2 is 1.86 bits per heavy atom. The van der Waals surface area contributed by atoms with E-state index in [9.17, 15) is 9.79 Å². The normalized spacial score (nSPS) is 13.5. The van der Waals surface area contributed by atoms with Crippen LogP contribution < -0.4 is 74.4 Å². The van der Waals surface area contributed by atoms with Crippen molar-refractivity contribution in [2.24, 2.45) is 5.10 Å². The molecule has 0 aromatic heterocycles. The third-order valence-corrected chi connectivity index (χ3v) is 3.92. The molecular formula is C17H20N4Na2O5P+. The summed E-state index contributed by atoms with van der Waals surface area (Å²) in [4.78, 5) is 22.6. The first-order valence-electron chi connectivity index (χ1n) is 7.68. The second kappa shape index (κ2) is 13.7. The Morgan fingerprint density at radius 1 is 1.24 bits per heavy atom. The van der Waals surface area contributed by atoms with E-state index >= 15 is 0 Å². The predicted molar refractivity (Wildman–Crippen MR) is 97.3 cm³/mol. The monoisotopic (exact) mass is 437 g/mol. The molecule has 0 spiro atoms. The fourth-order valence-corrected chi connectivity index (χ4v) is 2.39. The van der Waals surface area contributed by atoms with Crippen LogP contribution in [0.2, 0.25) is 0 Å². The van der Waals surface area contributed by atoms with Crippen LogP contribution in [0, 0.1) is 0 Å². The van der Waals surface area contributed by atoms with E-state index in [0.29, 0.717) is 29.5 Å². The first-order chi connectivity index (χ1) is 12.8. The fourth-order valence-electron chi connectivity index (χ4n) is 2.18. The van der Waals surface area contributed by atoms with Crippen molar-refractivity contribution in [2.75, 3.05) is 13.3 Å². The average molecular weight is 437 g/mol. The van der Waals surface area contributed by atoms with Crippen molar-refractivity contribution in [1.82, 2.24) is 9.91 Å². The second-order valence-corrected chi connectivity index (χ2v) is 6.14. The summed E-state index contributed by atoms with van der Waals surface area (Å²) < 4.78 is 10.1. The average Bonchev–Trinajstić information content (AvgIpc) is 2.91. The van der Waals surface area contributed by atoms with Gasteiger partial charge in [0.1, 0.15) is 24.1 Å². The van der Waals surface area contributed by atoms with Gasteiger partial charge in [-0.2, -0.15) is 19.2 Å². The maximum Gasteiger partial charge on any atom is 1.00 e. The topological polar surface area (TPSA) is 120 Å². The van der Waals surface area contributed by atoms with Gasteiger partial charge < -0.3 is 23.9 Å². The molecule has 0 atom stereocenters. The minimum Gasteiger partial charge on any atom is -0.820 e. The molecule has 12 heteroatoms. The van der Waals surface area contributed by atoms with Crippen molar-refractivity contribution < 1.29 is 88.8 Å². The molecule has 0 bridgehead atoms. The third kappa shape index (κ3) is 8.63. The Labute approximate surface area is 215 Å². The Kier molecular flexibility index (Phi) is 13.5. The molecule has 3 N–H and O–H groups in total. The van der Waals surface area contributed by atoms with E-state index in [0.717, 1.165) is 11.0 Å². The second-order valence-electron chi connectivity index (χ2n) is 5.44. The Hall–Kier alpha value is -0.520. The van der Waals surface area contributed by atoms with Gasteiger partial charge in [-0.05, 0) is 12.1 Å². The SMILES string of the molecule is C=C(/C=N/N1CC(=C)N(COP([O-])[O-])C1=C)OC(=C)c1ccc([NH2+]O)cc1.[Na+].[Na+]. The third-order valence-electron chi connectivity index (χ3n) is 3.59. The van der Waals surface area contributed by atoms with Crippen LogP contribution in [0.1, 0.15) is 5.56 Å². The quantitative estimate of drug-likeness (QED) is 0.0987. The molecule has 1 aromatic rings. The molecule has 29 heavy (non-hydrogen) atoms. The molecule has 0 aliphatic carbocycles. The molecule has 144 valence electrons. The molecule has 0 unspecified atom stereocenters. The summed E-state index contributed by atoms with van der Waals surface area (Å²) in [5, 5.41) is 14.6. The fraction of sp³-hybridized carbons (Fsp3) is 0.118. The summed E-state index contributed by atoms with van der Waals surface area (Å²) in [7, 11) is -2.96. The molecule has 9 nitrogen and oxygen atoms in total. The number of allylic oxidation sites excluding steroid dienone is 1. The minimum absolute atomic E-state index is 0. The van der Waals surface area contributed by atoms with Crippen molar-refractivity contribution in [3.63, 3.8) is 0 Å². The molecule has 0 radical (unpaired) electrons. The van der Waals surface area contributed by atoms with Gasteiger partial charge in [0.2, 0.25) is 0 Å². The van der Waals surface area contributed by atoms with Gasteiger partial charge in [-0.1, -0.05) is 26.3 Å². The summed E-state index contributed by atoms with van der Waals surface area (Å²) in [6.07, 6.45) is 1.39. The molecule has 1 fully saturated rings. The van der Waals surface area contributed by atoms with E-state index in [1.165, 1.54) is 16.1 Å². The number of hydrogen-bond acceptors (Lipinski definition) is 8. The van der Waals surface area contributed by atoms with E-state index in [2.05, 4.69) is 35.9 Å². The summed E-state index contributed by atoms with van der Waals surface area (Å²) >= 11 is 0. The van der Waals surface area contributed by atoms with Gasteiger partial charge in [-0.3, -0.25) is 0 Å². The number of ether oxygens (including phenoxy) is 1. The number of hydrazone groups is 1. The number of hydrogen-bond donors (Lipinski definition) is 2. The van der Waals surface area contributed by atoms with Gasteiger partial charge >= 0.3 is 59.1 Å². The van der Waals surface area contributed by atoms with Crippen LogP contribution in [0.25, 0.3) is 5.76 Å². The number of rotatable bonds is 9. The van der Waals surface area contributed by atoms with E-state index in [1.807, 2.05) is 0 Å². The van der Waals surface area contributed by atoms with Crippen molar-refractivity contribution in [3.05, 3.63) is 73.4 Å². The Morgan fingerprint density at radius 3 is 2.41 bits per heavy atom.